The van der Waals surface area contributed by atoms with E-state index in [1.807, 2.05) is 0 Å². The lowest BCUT2D eigenvalue weighted by atomic mass is 10.1. The summed E-state index contributed by atoms with van der Waals surface area (Å²) in [5.74, 6) is -1.17. The fourth-order valence-corrected chi connectivity index (χ4v) is 2.62. The van der Waals surface area contributed by atoms with Crippen LogP contribution in [-0.2, 0) is 11.3 Å². The van der Waals surface area contributed by atoms with Gasteiger partial charge in [0.25, 0.3) is 0 Å². The fraction of sp³-hybridized carbons (Fsp3) is 0.222. The van der Waals surface area contributed by atoms with Crippen molar-refractivity contribution in [1.29, 1.82) is 0 Å². The van der Waals surface area contributed by atoms with Gasteiger partial charge in [-0.2, -0.15) is 0 Å². The number of hydrogen-bond acceptors (Lipinski definition) is 3. The van der Waals surface area contributed by atoms with E-state index in [2.05, 4.69) is 5.32 Å². The van der Waals surface area contributed by atoms with Gasteiger partial charge in [-0.25, -0.2) is 9.18 Å². The number of hydrogen-bond donors (Lipinski definition) is 1. The molecule has 0 radical (unpaired) electrons. The Bertz CT molecular complexity index is 958. The van der Waals surface area contributed by atoms with Crippen LogP contribution in [0.1, 0.15) is 24.1 Å². The van der Waals surface area contributed by atoms with Crippen LogP contribution >= 0.6 is 0 Å². The molecule has 0 saturated carbocycles. The summed E-state index contributed by atoms with van der Waals surface area (Å²) in [5, 5.41) is 2.76. The number of nitrogens with zero attached hydrogens (tertiary/aromatic N) is 1. The molecule has 0 aliphatic carbocycles. The van der Waals surface area contributed by atoms with E-state index in [9.17, 15) is 14.0 Å². The number of rotatable bonds is 4. The van der Waals surface area contributed by atoms with Crippen molar-refractivity contribution >= 4 is 17.0 Å². The van der Waals surface area contributed by atoms with Crippen LogP contribution in [0.5, 0.6) is 0 Å². The predicted molar refractivity (Wildman–Crippen MR) is 88.2 cm³/mol. The van der Waals surface area contributed by atoms with Crippen LogP contribution in [0.3, 0.4) is 0 Å². The summed E-state index contributed by atoms with van der Waals surface area (Å²) in [7, 11) is 0. The SMILES string of the molecule is Cc1cc(CNC(=O)C(C)n2c(=O)oc3ccccc32)ccc1F. The number of oxazole rings is 1. The molecule has 1 N–H and O–H groups in total. The maximum atomic E-state index is 13.3. The zero-order valence-electron chi connectivity index (χ0n) is 13.4. The molecule has 0 fully saturated rings. The topological polar surface area (TPSA) is 64.2 Å². The quantitative estimate of drug-likeness (QED) is 0.801. The normalized spacial score (nSPS) is 12.3. The number of carbonyl (C=O) groups excluding carboxylic acids is 1. The molecule has 3 aromatic rings. The molecule has 2 aromatic carbocycles. The van der Waals surface area contributed by atoms with Crippen molar-refractivity contribution < 1.29 is 13.6 Å². The van der Waals surface area contributed by atoms with Gasteiger partial charge < -0.3 is 9.73 Å². The Morgan fingerprint density at radius 3 is 2.79 bits per heavy atom. The van der Waals surface area contributed by atoms with Crippen LogP contribution in [0.2, 0.25) is 0 Å². The second-order valence-corrected chi connectivity index (χ2v) is 5.68. The number of para-hydroxylation sites is 2. The van der Waals surface area contributed by atoms with Crippen molar-refractivity contribution in [2.45, 2.75) is 26.4 Å². The smallest absolute Gasteiger partial charge is 0.408 e. The average molecular weight is 328 g/mol. The Kier molecular flexibility index (Phi) is 4.20. The van der Waals surface area contributed by atoms with E-state index in [-0.39, 0.29) is 18.3 Å². The van der Waals surface area contributed by atoms with Gasteiger partial charge in [-0.3, -0.25) is 9.36 Å². The minimum absolute atomic E-state index is 0.259. The lowest BCUT2D eigenvalue weighted by molar-refractivity contribution is -0.124. The summed E-state index contributed by atoms with van der Waals surface area (Å²) in [6.07, 6.45) is 0. The van der Waals surface area contributed by atoms with Crippen molar-refractivity contribution in [2.75, 3.05) is 0 Å². The molecule has 0 aliphatic heterocycles. The lowest BCUT2D eigenvalue weighted by Crippen LogP contribution is -2.34. The maximum absolute atomic E-state index is 13.3. The molecule has 0 saturated heterocycles. The Hall–Kier alpha value is -2.89. The Morgan fingerprint density at radius 2 is 2.04 bits per heavy atom. The molecule has 5 nitrogen and oxygen atoms in total. The molecule has 1 unspecified atom stereocenters. The van der Waals surface area contributed by atoms with Crippen LogP contribution in [0.4, 0.5) is 4.39 Å². The van der Waals surface area contributed by atoms with Gasteiger partial charge in [0.2, 0.25) is 5.91 Å². The van der Waals surface area contributed by atoms with E-state index in [0.717, 1.165) is 5.56 Å². The average Bonchev–Trinajstić information content (AvgIpc) is 2.90. The molecule has 3 rings (SSSR count). The van der Waals surface area contributed by atoms with Crippen molar-refractivity contribution in [3.63, 3.8) is 0 Å². The van der Waals surface area contributed by atoms with Crippen LogP contribution in [-0.4, -0.2) is 10.5 Å². The molecule has 6 heteroatoms. The summed E-state index contributed by atoms with van der Waals surface area (Å²) in [6.45, 7) is 3.56. The second-order valence-electron chi connectivity index (χ2n) is 5.68. The number of aryl methyl sites for hydroxylation is 1. The first kappa shape index (κ1) is 16.0. The third kappa shape index (κ3) is 2.95. The number of carbonyl (C=O) groups is 1. The van der Waals surface area contributed by atoms with E-state index in [1.165, 1.54) is 10.6 Å². The van der Waals surface area contributed by atoms with E-state index >= 15 is 0 Å². The number of nitrogens with one attached hydrogen (secondary N) is 1. The molecule has 0 aliphatic rings. The van der Waals surface area contributed by atoms with Gasteiger partial charge in [0, 0.05) is 6.54 Å². The third-order valence-electron chi connectivity index (χ3n) is 3.97. The van der Waals surface area contributed by atoms with Crippen molar-refractivity contribution in [3.8, 4) is 0 Å². The standard InChI is InChI=1S/C18H17FN2O3/c1-11-9-13(7-8-14(11)19)10-20-17(22)12(2)21-15-5-3-4-6-16(15)24-18(21)23/h3-9,12H,10H2,1-2H3,(H,20,22). The Labute approximate surface area is 137 Å². The van der Waals surface area contributed by atoms with Gasteiger partial charge in [0.15, 0.2) is 5.58 Å². The zero-order chi connectivity index (χ0) is 17.3. The predicted octanol–water partition coefficient (Wildman–Crippen LogP) is 2.92. The highest BCUT2D eigenvalue weighted by molar-refractivity contribution is 5.82. The maximum Gasteiger partial charge on any atom is 0.420 e. The number of amides is 1. The minimum Gasteiger partial charge on any atom is -0.408 e. The highest BCUT2D eigenvalue weighted by Crippen LogP contribution is 2.17. The highest BCUT2D eigenvalue weighted by Gasteiger charge is 2.20. The van der Waals surface area contributed by atoms with Gasteiger partial charge in [-0.15, -0.1) is 0 Å². The van der Waals surface area contributed by atoms with Crippen LogP contribution in [0, 0.1) is 12.7 Å². The molecular weight excluding hydrogens is 311 g/mol. The largest absolute Gasteiger partial charge is 0.420 e. The third-order valence-corrected chi connectivity index (χ3v) is 3.97. The second kappa shape index (κ2) is 6.31. The minimum atomic E-state index is -0.720. The molecule has 1 heterocycles. The van der Waals surface area contributed by atoms with Gasteiger partial charge in [-0.05, 0) is 43.2 Å². The highest BCUT2D eigenvalue weighted by atomic mass is 19.1. The molecule has 0 bridgehead atoms. The van der Waals surface area contributed by atoms with Crippen molar-refractivity contribution in [1.82, 2.24) is 9.88 Å². The summed E-state index contributed by atoms with van der Waals surface area (Å²) in [5.41, 5.74) is 2.32. The molecule has 1 amide bonds. The van der Waals surface area contributed by atoms with Gasteiger partial charge in [-0.1, -0.05) is 24.3 Å². The van der Waals surface area contributed by atoms with E-state index in [0.29, 0.717) is 16.7 Å². The van der Waals surface area contributed by atoms with Gasteiger partial charge in [0.05, 0.1) is 5.52 Å². The van der Waals surface area contributed by atoms with Gasteiger partial charge in [0.1, 0.15) is 11.9 Å². The van der Waals surface area contributed by atoms with E-state index in [1.54, 1.807) is 50.2 Å². The zero-order valence-corrected chi connectivity index (χ0v) is 13.4. The Balaban J connectivity index is 1.78. The van der Waals surface area contributed by atoms with E-state index < -0.39 is 11.8 Å². The molecule has 0 spiro atoms. The van der Waals surface area contributed by atoms with Gasteiger partial charge >= 0.3 is 5.76 Å². The number of fused-ring (bicyclic) bond motifs is 1. The first-order valence-corrected chi connectivity index (χ1v) is 7.60. The number of benzene rings is 2. The number of aromatic nitrogens is 1. The monoisotopic (exact) mass is 328 g/mol. The van der Waals surface area contributed by atoms with Crippen molar-refractivity contribution in [3.05, 3.63) is 70.0 Å². The van der Waals surface area contributed by atoms with Crippen LogP contribution < -0.4 is 11.1 Å². The summed E-state index contributed by atoms with van der Waals surface area (Å²) < 4.78 is 19.7. The lowest BCUT2D eigenvalue weighted by Gasteiger charge is -2.13. The molecule has 1 aromatic heterocycles. The Morgan fingerprint density at radius 1 is 1.29 bits per heavy atom. The summed E-state index contributed by atoms with van der Waals surface area (Å²) in [4.78, 5) is 24.4. The molecular formula is C18H17FN2O3. The first-order valence-electron chi connectivity index (χ1n) is 7.60. The number of halogens is 1. The summed E-state index contributed by atoms with van der Waals surface area (Å²) >= 11 is 0. The molecule has 24 heavy (non-hydrogen) atoms. The first-order chi connectivity index (χ1) is 11.5. The van der Waals surface area contributed by atoms with Crippen LogP contribution in [0.25, 0.3) is 11.1 Å². The van der Waals surface area contributed by atoms with Crippen molar-refractivity contribution in [2.24, 2.45) is 0 Å². The molecule has 124 valence electrons. The molecule has 1 atom stereocenters. The fourth-order valence-electron chi connectivity index (χ4n) is 2.62. The van der Waals surface area contributed by atoms with E-state index in [4.69, 9.17) is 4.42 Å². The van der Waals surface area contributed by atoms with Crippen LogP contribution in [0.15, 0.2) is 51.7 Å². The summed E-state index contributed by atoms with van der Waals surface area (Å²) in [6, 6.07) is 10.9.